The molecule has 0 aliphatic carbocycles. The van der Waals surface area contributed by atoms with Crippen LogP contribution in [0.2, 0.25) is 0 Å². The number of ether oxygens (including phenoxy) is 2. The van der Waals surface area contributed by atoms with Gasteiger partial charge < -0.3 is 15.2 Å². The van der Waals surface area contributed by atoms with Gasteiger partial charge in [-0.2, -0.15) is 13.2 Å². The van der Waals surface area contributed by atoms with Crippen LogP contribution in [0.1, 0.15) is 0 Å². The Bertz CT molecular complexity index is 368. The van der Waals surface area contributed by atoms with Crippen molar-refractivity contribution in [2.45, 2.75) is 6.18 Å². The largest absolute Gasteiger partial charge is 0.489 e. The van der Waals surface area contributed by atoms with E-state index in [9.17, 15) is 17.6 Å². The fourth-order valence-electron chi connectivity index (χ4n) is 1.03. The van der Waals surface area contributed by atoms with Gasteiger partial charge in [-0.25, -0.2) is 4.39 Å². The standard InChI is InChI=1S/C10H11F4NO2/c11-7-1-2-8(15)9(5-7)17-4-3-16-6-10(12,13)14/h1-2,5H,3-4,6,15H2. The first kappa shape index (κ1) is 13.6. The third-order valence-corrected chi connectivity index (χ3v) is 1.73. The van der Waals surface area contributed by atoms with Crippen LogP contribution in [-0.4, -0.2) is 26.0 Å². The van der Waals surface area contributed by atoms with Crippen LogP contribution in [0.4, 0.5) is 23.2 Å². The summed E-state index contributed by atoms with van der Waals surface area (Å²) in [5.41, 5.74) is 5.67. The minimum Gasteiger partial charge on any atom is -0.489 e. The van der Waals surface area contributed by atoms with Crippen molar-refractivity contribution in [2.24, 2.45) is 0 Å². The van der Waals surface area contributed by atoms with E-state index in [4.69, 9.17) is 10.5 Å². The second-order valence-electron chi connectivity index (χ2n) is 3.20. The van der Waals surface area contributed by atoms with E-state index in [0.717, 1.165) is 12.1 Å². The molecule has 0 saturated carbocycles. The summed E-state index contributed by atoms with van der Waals surface area (Å²) in [5, 5.41) is 0. The van der Waals surface area contributed by atoms with E-state index in [-0.39, 0.29) is 24.7 Å². The Kier molecular flexibility index (Phi) is 4.56. The van der Waals surface area contributed by atoms with Crippen LogP contribution in [0.25, 0.3) is 0 Å². The number of hydrogen-bond donors (Lipinski definition) is 1. The summed E-state index contributed by atoms with van der Waals surface area (Å²) < 4.78 is 57.1. The molecule has 1 aromatic rings. The molecule has 17 heavy (non-hydrogen) atoms. The van der Waals surface area contributed by atoms with Crippen molar-refractivity contribution < 1.29 is 27.0 Å². The van der Waals surface area contributed by atoms with Crippen molar-refractivity contribution in [3.63, 3.8) is 0 Å². The molecule has 0 unspecified atom stereocenters. The van der Waals surface area contributed by atoms with Gasteiger partial charge >= 0.3 is 6.18 Å². The van der Waals surface area contributed by atoms with Gasteiger partial charge in [-0.1, -0.05) is 0 Å². The average Bonchev–Trinajstić information content (AvgIpc) is 2.21. The lowest BCUT2D eigenvalue weighted by Crippen LogP contribution is -2.19. The van der Waals surface area contributed by atoms with Gasteiger partial charge in [0, 0.05) is 6.07 Å². The molecule has 2 N–H and O–H groups in total. The van der Waals surface area contributed by atoms with E-state index in [0.29, 0.717) is 0 Å². The van der Waals surface area contributed by atoms with E-state index in [1.807, 2.05) is 0 Å². The van der Waals surface area contributed by atoms with Crippen LogP contribution < -0.4 is 10.5 Å². The third-order valence-electron chi connectivity index (χ3n) is 1.73. The first-order valence-corrected chi connectivity index (χ1v) is 4.71. The maximum Gasteiger partial charge on any atom is 0.411 e. The maximum atomic E-state index is 12.8. The van der Waals surface area contributed by atoms with Gasteiger partial charge in [-0.3, -0.25) is 0 Å². The molecule has 0 fully saturated rings. The molecule has 0 atom stereocenters. The number of nitrogens with two attached hydrogens (primary N) is 1. The van der Waals surface area contributed by atoms with Crippen LogP contribution in [0, 0.1) is 5.82 Å². The van der Waals surface area contributed by atoms with Crippen molar-refractivity contribution in [1.82, 2.24) is 0 Å². The quantitative estimate of drug-likeness (QED) is 0.497. The molecule has 0 aromatic heterocycles. The Morgan fingerprint density at radius 2 is 1.88 bits per heavy atom. The lowest BCUT2D eigenvalue weighted by Gasteiger charge is -2.10. The first-order chi connectivity index (χ1) is 7.88. The summed E-state index contributed by atoms with van der Waals surface area (Å²) in [6.07, 6.45) is -4.36. The lowest BCUT2D eigenvalue weighted by atomic mass is 10.3. The van der Waals surface area contributed by atoms with Crippen LogP contribution >= 0.6 is 0 Å². The molecule has 1 aromatic carbocycles. The third kappa shape index (κ3) is 5.39. The molecule has 3 nitrogen and oxygen atoms in total. The molecule has 96 valence electrons. The molecule has 0 aliphatic rings. The molecule has 0 heterocycles. The fraction of sp³-hybridized carbons (Fsp3) is 0.400. The fourth-order valence-corrected chi connectivity index (χ4v) is 1.03. The number of nitrogen functional groups attached to an aromatic ring is 1. The molecule has 0 bridgehead atoms. The van der Waals surface area contributed by atoms with Gasteiger partial charge in [0.1, 0.15) is 24.8 Å². The Balaban J connectivity index is 2.29. The summed E-state index contributed by atoms with van der Waals surface area (Å²) in [6.45, 7) is -1.73. The van der Waals surface area contributed by atoms with Crippen LogP contribution in [0.15, 0.2) is 18.2 Å². The Morgan fingerprint density at radius 3 is 2.53 bits per heavy atom. The SMILES string of the molecule is Nc1ccc(F)cc1OCCOCC(F)(F)F. The number of benzene rings is 1. The van der Waals surface area contributed by atoms with Crippen molar-refractivity contribution in [1.29, 1.82) is 0 Å². The topological polar surface area (TPSA) is 44.5 Å². The zero-order valence-corrected chi connectivity index (χ0v) is 8.76. The van der Waals surface area contributed by atoms with Gasteiger partial charge in [-0.05, 0) is 12.1 Å². The molecule has 1 rings (SSSR count). The second-order valence-corrected chi connectivity index (χ2v) is 3.20. The summed E-state index contributed by atoms with van der Waals surface area (Å²) in [4.78, 5) is 0. The summed E-state index contributed by atoms with van der Waals surface area (Å²) in [5.74, 6) is -0.453. The average molecular weight is 253 g/mol. The number of anilines is 1. The lowest BCUT2D eigenvalue weighted by molar-refractivity contribution is -0.175. The number of hydrogen-bond acceptors (Lipinski definition) is 3. The minimum absolute atomic E-state index is 0.0839. The maximum absolute atomic E-state index is 12.8. The predicted octanol–water partition coefficient (Wildman–Crippen LogP) is 2.37. The summed E-state index contributed by atoms with van der Waals surface area (Å²) >= 11 is 0. The van der Waals surface area contributed by atoms with Crippen LogP contribution in [-0.2, 0) is 4.74 Å². The van der Waals surface area contributed by atoms with Gasteiger partial charge in [-0.15, -0.1) is 0 Å². The van der Waals surface area contributed by atoms with Crippen LogP contribution in [0.5, 0.6) is 5.75 Å². The van der Waals surface area contributed by atoms with Crippen LogP contribution in [0.3, 0.4) is 0 Å². The summed E-state index contributed by atoms with van der Waals surface area (Å²) in [6, 6.07) is 3.52. The zero-order valence-electron chi connectivity index (χ0n) is 8.76. The number of halogens is 4. The van der Waals surface area contributed by atoms with Gasteiger partial charge in [0.15, 0.2) is 0 Å². The van der Waals surface area contributed by atoms with E-state index in [2.05, 4.69) is 4.74 Å². The molecule has 0 amide bonds. The van der Waals surface area contributed by atoms with Gasteiger partial charge in [0.05, 0.1) is 12.3 Å². The second kappa shape index (κ2) is 5.72. The molecule has 0 saturated heterocycles. The molecule has 0 radical (unpaired) electrons. The highest BCUT2D eigenvalue weighted by Gasteiger charge is 2.27. The summed E-state index contributed by atoms with van der Waals surface area (Å²) in [7, 11) is 0. The zero-order chi connectivity index (χ0) is 12.9. The Labute approximate surface area is 95.1 Å². The molecule has 0 spiro atoms. The smallest absolute Gasteiger partial charge is 0.411 e. The molecular formula is C10H11F4NO2. The number of alkyl halides is 3. The van der Waals surface area contributed by atoms with Gasteiger partial charge in [0.2, 0.25) is 0 Å². The molecule has 7 heteroatoms. The first-order valence-electron chi connectivity index (χ1n) is 4.71. The van der Waals surface area contributed by atoms with E-state index < -0.39 is 18.6 Å². The minimum atomic E-state index is -4.36. The Morgan fingerprint density at radius 1 is 1.18 bits per heavy atom. The molecular weight excluding hydrogens is 242 g/mol. The van der Waals surface area contributed by atoms with Crippen molar-refractivity contribution in [3.8, 4) is 5.75 Å². The number of rotatable bonds is 5. The highest BCUT2D eigenvalue weighted by Crippen LogP contribution is 2.21. The van der Waals surface area contributed by atoms with E-state index in [1.165, 1.54) is 6.07 Å². The Hall–Kier alpha value is -1.50. The van der Waals surface area contributed by atoms with Crippen molar-refractivity contribution in [2.75, 3.05) is 25.6 Å². The highest BCUT2D eigenvalue weighted by atomic mass is 19.4. The van der Waals surface area contributed by atoms with E-state index in [1.54, 1.807) is 0 Å². The van der Waals surface area contributed by atoms with E-state index >= 15 is 0 Å². The normalized spacial score (nSPS) is 11.5. The van der Waals surface area contributed by atoms with Crippen molar-refractivity contribution in [3.05, 3.63) is 24.0 Å². The van der Waals surface area contributed by atoms with Gasteiger partial charge in [0.25, 0.3) is 0 Å². The van der Waals surface area contributed by atoms with Crippen molar-refractivity contribution >= 4 is 5.69 Å². The highest BCUT2D eigenvalue weighted by molar-refractivity contribution is 5.52. The monoisotopic (exact) mass is 253 g/mol. The predicted molar refractivity (Wildman–Crippen MR) is 53.2 cm³/mol. The molecule has 0 aliphatic heterocycles.